The highest BCUT2D eigenvalue weighted by Crippen LogP contribution is 2.40. The number of ketones is 2. The van der Waals surface area contributed by atoms with Gasteiger partial charge < -0.3 is 10.2 Å². The van der Waals surface area contributed by atoms with Crippen molar-refractivity contribution in [2.45, 2.75) is 13.3 Å². The van der Waals surface area contributed by atoms with E-state index < -0.39 is 0 Å². The third-order valence-electron chi connectivity index (χ3n) is 3.93. The molecule has 4 nitrogen and oxygen atoms in total. The maximum absolute atomic E-state index is 11.9. The monoisotopic (exact) mass is 294 g/mol. The number of carbonyl (C=O) groups excluding carboxylic acids is 2. The summed E-state index contributed by atoms with van der Waals surface area (Å²) in [4.78, 5) is 23.3. The van der Waals surface area contributed by atoms with Crippen LogP contribution in [0.1, 0.15) is 11.1 Å². The Kier molecular flexibility index (Phi) is 3.29. The van der Waals surface area contributed by atoms with Crippen molar-refractivity contribution in [3.8, 4) is 11.5 Å². The van der Waals surface area contributed by atoms with Crippen molar-refractivity contribution in [3.63, 3.8) is 0 Å². The Morgan fingerprint density at radius 3 is 2.27 bits per heavy atom. The van der Waals surface area contributed by atoms with E-state index in [-0.39, 0.29) is 29.5 Å². The van der Waals surface area contributed by atoms with Gasteiger partial charge in [-0.2, -0.15) is 0 Å². The number of hydrogen-bond acceptors (Lipinski definition) is 4. The number of phenolic OH excluding ortho intramolecular Hbond substituents is 2. The van der Waals surface area contributed by atoms with E-state index in [9.17, 15) is 19.8 Å². The van der Waals surface area contributed by atoms with Crippen LogP contribution >= 0.6 is 0 Å². The summed E-state index contributed by atoms with van der Waals surface area (Å²) in [6.07, 6.45) is 3.82. The zero-order valence-electron chi connectivity index (χ0n) is 12.0. The minimum atomic E-state index is -0.258. The molecular weight excluding hydrogens is 280 g/mol. The van der Waals surface area contributed by atoms with E-state index in [0.717, 1.165) is 0 Å². The van der Waals surface area contributed by atoms with E-state index in [1.54, 1.807) is 31.2 Å². The quantitative estimate of drug-likeness (QED) is 0.659. The van der Waals surface area contributed by atoms with Crippen molar-refractivity contribution in [3.05, 3.63) is 59.2 Å². The SMILES string of the molecule is Cc1c(CC2=CC(=O)C=CC2=O)c(O)c2ccccc2c1O. The Labute approximate surface area is 127 Å². The molecule has 0 unspecified atom stereocenters. The summed E-state index contributed by atoms with van der Waals surface area (Å²) >= 11 is 0. The Morgan fingerprint density at radius 1 is 0.955 bits per heavy atom. The molecule has 0 fully saturated rings. The van der Waals surface area contributed by atoms with Gasteiger partial charge in [-0.25, -0.2) is 0 Å². The second-order valence-corrected chi connectivity index (χ2v) is 5.29. The summed E-state index contributed by atoms with van der Waals surface area (Å²) in [6.45, 7) is 1.68. The Hall–Kier alpha value is -2.88. The molecule has 0 amide bonds. The number of phenols is 2. The van der Waals surface area contributed by atoms with E-state index in [0.29, 0.717) is 27.5 Å². The fourth-order valence-electron chi connectivity index (χ4n) is 2.68. The molecule has 0 atom stereocenters. The molecule has 2 aromatic rings. The van der Waals surface area contributed by atoms with E-state index in [1.165, 1.54) is 18.2 Å². The lowest BCUT2D eigenvalue weighted by molar-refractivity contribution is -0.114. The van der Waals surface area contributed by atoms with Gasteiger partial charge >= 0.3 is 0 Å². The summed E-state index contributed by atoms with van der Waals surface area (Å²) < 4.78 is 0. The zero-order valence-corrected chi connectivity index (χ0v) is 12.0. The third kappa shape index (κ3) is 2.19. The molecular formula is C18H14O4. The molecule has 0 spiro atoms. The van der Waals surface area contributed by atoms with Crippen LogP contribution in [0.3, 0.4) is 0 Å². The molecule has 110 valence electrons. The standard InChI is InChI=1S/C18H14O4/c1-10-15(9-11-8-12(19)6-7-16(11)20)18(22)14-5-3-2-4-13(14)17(10)21/h2-8,21-22H,9H2,1H3. The van der Waals surface area contributed by atoms with Gasteiger partial charge in [0.05, 0.1) is 0 Å². The minimum Gasteiger partial charge on any atom is -0.507 e. The number of allylic oxidation sites excluding steroid dienone is 4. The van der Waals surface area contributed by atoms with Gasteiger partial charge in [-0.1, -0.05) is 24.3 Å². The number of benzene rings is 2. The van der Waals surface area contributed by atoms with Crippen LogP contribution < -0.4 is 0 Å². The topological polar surface area (TPSA) is 74.6 Å². The van der Waals surface area contributed by atoms with Gasteiger partial charge in [-0.05, 0) is 30.7 Å². The van der Waals surface area contributed by atoms with Crippen molar-refractivity contribution in [2.24, 2.45) is 0 Å². The van der Waals surface area contributed by atoms with Gasteiger partial charge in [0.25, 0.3) is 0 Å². The lowest BCUT2D eigenvalue weighted by atomic mass is 9.91. The highest BCUT2D eigenvalue weighted by Gasteiger charge is 2.20. The average Bonchev–Trinajstić information content (AvgIpc) is 2.52. The van der Waals surface area contributed by atoms with Crippen LogP contribution in [-0.2, 0) is 16.0 Å². The maximum Gasteiger partial charge on any atom is 0.182 e. The molecule has 0 aliphatic heterocycles. The molecule has 0 aromatic heterocycles. The molecule has 0 bridgehead atoms. The smallest absolute Gasteiger partial charge is 0.182 e. The fraction of sp³-hybridized carbons (Fsp3) is 0.111. The Morgan fingerprint density at radius 2 is 1.59 bits per heavy atom. The average molecular weight is 294 g/mol. The maximum atomic E-state index is 11.9. The lowest BCUT2D eigenvalue weighted by Gasteiger charge is -2.15. The highest BCUT2D eigenvalue weighted by atomic mass is 16.3. The summed E-state index contributed by atoms with van der Waals surface area (Å²) in [5.74, 6) is -0.404. The molecule has 1 aliphatic carbocycles. The van der Waals surface area contributed by atoms with E-state index in [1.807, 2.05) is 0 Å². The van der Waals surface area contributed by atoms with Gasteiger partial charge in [0, 0.05) is 28.3 Å². The van der Waals surface area contributed by atoms with E-state index in [2.05, 4.69) is 0 Å². The molecule has 22 heavy (non-hydrogen) atoms. The van der Waals surface area contributed by atoms with Gasteiger partial charge in [-0.3, -0.25) is 9.59 Å². The first-order valence-electron chi connectivity index (χ1n) is 6.88. The van der Waals surface area contributed by atoms with Crippen LogP contribution in [0.5, 0.6) is 11.5 Å². The summed E-state index contributed by atoms with van der Waals surface area (Å²) in [5.41, 5.74) is 1.27. The molecule has 2 aromatic carbocycles. The van der Waals surface area contributed by atoms with Crippen LogP contribution in [0.25, 0.3) is 10.8 Å². The predicted octanol–water partition coefficient (Wildman–Crippen LogP) is 2.74. The molecule has 0 radical (unpaired) electrons. The van der Waals surface area contributed by atoms with Crippen LogP contribution in [-0.4, -0.2) is 21.8 Å². The van der Waals surface area contributed by atoms with E-state index >= 15 is 0 Å². The summed E-state index contributed by atoms with van der Waals surface area (Å²) in [5, 5.41) is 21.9. The van der Waals surface area contributed by atoms with Crippen molar-refractivity contribution in [2.75, 3.05) is 0 Å². The predicted molar refractivity (Wildman–Crippen MR) is 83.0 cm³/mol. The summed E-state index contributed by atoms with van der Waals surface area (Å²) in [6, 6.07) is 6.96. The number of rotatable bonds is 2. The molecule has 0 heterocycles. The molecule has 3 rings (SSSR count). The van der Waals surface area contributed by atoms with Crippen molar-refractivity contribution >= 4 is 22.3 Å². The number of fused-ring (bicyclic) bond motifs is 1. The fourth-order valence-corrected chi connectivity index (χ4v) is 2.68. The normalized spacial score (nSPS) is 14.5. The number of hydrogen-bond donors (Lipinski definition) is 2. The first kappa shape index (κ1) is 14.1. The van der Waals surface area contributed by atoms with Crippen LogP contribution in [0.4, 0.5) is 0 Å². The van der Waals surface area contributed by atoms with Crippen LogP contribution in [0.2, 0.25) is 0 Å². The van der Waals surface area contributed by atoms with Crippen LogP contribution in [0.15, 0.2) is 48.1 Å². The van der Waals surface area contributed by atoms with Crippen LogP contribution in [0, 0.1) is 6.92 Å². The first-order chi connectivity index (χ1) is 10.5. The third-order valence-corrected chi connectivity index (χ3v) is 3.93. The Balaban J connectivity index is 2.16. The number of carbonyl (C=O) groups is 2. The molecule has 4 heteroatoms. The van der Waals surface area contributed by atoms with E-state index in [4.69, 9.17) is 0 Å². The highest BCUT2D eigenvalue weighted by molar-refractivity contribution is 6.17. The van der Waals surface area contributed by atoms with Gasteiger partial charge in [0.15, 0.2) is 11.6 Å². The minimum absolute atomic E-state index is 0.0293. The zero-order chi connectivity index (χ0) is 15.9. The van der Waals surface area contributed by atoms with Gasteiger partial charge in [-0.15, -0.1) is 0 Å². The van der Waals surface area contributed by atoms with Gasteiger partial charge in [0.1, 0.15) is 11.5 Å². The molecule has 2 N–H and O–H groups in total. The Bertz CT molecular complexity index is 872. The largest absolute Gasteiger partial charge is 0.507 e. The van der Waals surface area contributed by atoms with Crippen molar-refractivity contribution in [1.82, 2.24) is 0 Å². The summed E-state index contributed by atoms with van der Waals surface area (Å²) in [7, 11) is 0. The van der Waals surface area contributed by atoms with Crippen molar-refractivity contribution in [1.29, 1.82) is 0 Å². The van der Waals surface area contributed by atoms with Gasteiger partial charge in [0.2, 0.25) is 0 Å². The first-order valence-corrected chi connectivity index (χ1v) is 6.88. The molecule has 0 saturated carbocycles. The molecule has 0 saturated heterocycles. The molecule has 1 aliphatic rings. The van der Waals surface area contributed by atoms with Crippen molar-refractivity contribution < 1.29 is 19.8 Å². The second kappa shape index (κ2) is 5.15. The second-order valence-electron chi connectivity index (χ2n) is 5.29. The lowest BCUT2D eigenvalue weighted by Crippen LogP contribution is -2.10. The number of aromatic hydroxyl groups is 2.